The minimum atomic E-state index is -4.61. The van der Waals surface area contributed by atoms with Crippen molar-refractivity contribution in [2.45, 2.75) is 18.6 Å². The first-order chi connectivity index (χ1) is 12.5. The number of benzene rings is 2. The number of rotatable bonds is 3. The van der Waals surface area contributed by atoms with Crippen LogP contribution in [-0.2, 0) is 6.18 Å². The molecule has 0 spiro atoms. The van der Waals surface area contributed by atoms with Crippen LogP contribution in [0.5, 0.6) is 0 Å². The van der Waals surface area contributed by atoms with Crippen LogP contribution in [0.3, 0.4) is 0 Å². The van der Waals surface area contributed by atoms with E-state index in [2.05, 4.69) is 10.3 Å². The number of aryl methyl sites for hydroxylation is 1. The number of nitrogens with zero attached hydrogens (tertiary/aromatic N) is 2. The van der Waals surface area contributed by atoms with Gasteiger partial charge in [-0.15, -0.1) is 0 Å². The molecule has 2 aromatic carbocycles. The second-order valence-corrected chi connectivity index (χ2v) is 6.04. The Morgan fingerprint density at radius 1 is 1.15 bits per heavy atom. The third-order valence-electron chi connectivity index (χ3n) is 3.89. The summed E-state index contributed by atoms with van der Waals surface area (Å²) in [4.78, 5) is 16.4. The van der Waals surface area contributed by atoms with Crippen molar-refractivity contribution < 1.29 is 18.3 Å². The smallest absolute Gasteiger partial charge is 0.390 e. The quantitative estimate of drug-likeness (QED) is 0.548. The Balaban J connectivity index is 2.41. The summed E-state index contributed by atoms with van der Waals surface area (Å²) in [5.41, 5.74) is -3.24. The van der Waals surface area contributed by atoms with Crippen LogP contribution in [0.4, 0.5) is 19.0 Å². The molecule has 4 radical (unpaired) electrons. The number of nitrogens with one attached hydrogen (secondary N) is 1. The monoisotopic (exact) mass is 369 g/mol. The minimum Gasteiger partial charge on any atom is -0.390 e. The molecule has 3 aromatic rings. The zero-order valence-electron chi connectivity index (χ0n) is 14.1. The second-order valence-electron chi connectivity index (χ2n) is 6.04. The molecule has 0 unspecified atom stereocenters. The number of aliphatic hydroxyl groups is 1. The SMILES string of the molecule is [B]C([B])(O)Nc1nc(=O)n(-c2ccccc2C)c2cc(C(F)(F)F)ccc12. The summed E-state index contributed by atoms with van der Waals surface area (Å²) >= 11 is 0. The van der Waals surface area contributed by atoms with Crippen molar-refractivity contribution in [1.82, 2.24) is 9.55 Å². The zero-order chi connectivity index (χ0) is 20.0. The number of fused-ring (bicyclic) bond motifs is 1. The Kier molecular flexibility index (Phi) is 4.55. The molecular weight excluding hydrogens is 357 g/mol. The van der Waals surface area contributed by atoms with E-state index in [4.69, 9.17) is 15.7 Å². The maximum atomic E-state index is 13.2. The van der Waals surface area contributed by atoms with Crippen molar-refractivity contribution in [2.75, 3.05) is 5.32 Å². The summed E-state index contributed by atoms with van der Waals surface area (Å²) in [6.45, 7) is 1.71. The highest BCUT2D eigenvalue weighted by atomic mass is 19.4. The highest BCUT2D eigenvalue weighted by Crippen LogP contribution is 2.33. The van der Waals surface area contributed by atoms with Gasteiger partial charge in [0, 0.05) is 10.9 Å². The molecule has 0 aliphatic heterocycles. The standard InChI is InChI=1S/C17H12B2F3N3O2/c1-9-4-2-3-5-12(9)25-13-8-10(16(20,21)22)6-7-11(13)14(23-15(25)26)24-17(18,19)27/h2-8,27H,1H3,(H,23,24,26). The summed E-state index contributed by atoms with van der Waals surface area (Å²) in [5.74, 6) is -0.235. The van der Waals surface area contributed by atoms with Crippen molar-refractivity contribution in [3.05, 3.63) is 64.1 Å². The largest absolute Gasteiger partial charge is 0.416 e. The van der Waals surface area contributed by atoms with Crippen molar-refractivity contribution in [1.29, 1.82) is 0 Å². The lowest BCUT2D eigenvalue weighted by Gasteiger charge is -2.23. The third kappa shape index (κ3) is 3.85. The summed E-state index contributed by atoms with van der Waals surface area (Å²) in [6.07, 6.45) is -4.61. The summed E-state index contributed by atoms with van der Waals surface area (Å²) in [5, 5.41) is 11.9. The number of halogens is 3. The number of anilines is 1. The van der Waals surface area contributed by atoms with Gasteiger partial charge in [-0.3, -0.25) is 4.57 Å². The molecule has 0 saturated heterocycles. The molecule has 134 valence electrons. The molecule has 1 heterocycles. The summed E-state index contributed by atoms with van der Waals surface area (Å²) in [6, 6.07) is 9.50. The Labute approximate surface area is 154 Å². The molecular formula is C17H12B2F3N3O2. The summed E-state index contributed by atoms with van der Waals surface area (Å²) in [7, 11) is 10.5. The minimum absolute atomic E-state index is 0.0640. The van der Waals surface area contributed by atoms with E-state index in [9.17, 15) is 23.1 Å². The molecule has 2 N–H and O–H groups in total. The van der Waals surface area contributed by atoms with Gasteiger partial charge in [-0.2, -0.15) is 18.2 Å². The second kappa shape index (κ2) is 6.45. The van der Waals surface area contributed by atoms with Gasteiger partial charge in [0.15, 0.2) is 0 Å². The Hall–Kier alpha value is -2.74. The molecule has 0 aliphatic rings. The molecule has 3 rings (SSSR count). The van der Waals surface area contributed by atoms with Gasteiger partial charge in [0.1, 0.15) is 21.5 Å². The summed E-state index contributed by atoms with van der Waals surface area (Å²) < 4.78 is 40.7. The lowest BCUT2D eigenvalue weighted by Crippen LogP contribution is -2.40. The fourth-order valence-corrected chi connectivity index (χ4v) is 2.73. The van der Waals surface area contributed by atoms with E-state index in [1.807, 2.05) is 0 Å². The van der Waals surface area contributed by atoms with E-state index >= 15 is 0 Å². The van der Waals surface area contributed by atoms with Gasteiger partial charge in [-0.05, 0) is 36.8 Å². The maximum absolute atomic E-state index is 13.2. The molecule has 27 heavy (non-hydrogen) atoms. The lowest BCUT2D eigenvalue weighted by atomic mass is 9.73. The highest BCUT2D eigenvalue weighted by Gasteiger charge is 2.31. The van der Waals surface area contributed by atoms with Crippen molar-refractivity contribution in [3.8, 4) is 5.69 Å². The highest BCUT2D eigenvalue weighted by molar-refractivity contribution is 6.40. The zero-order valence-corrected chi connectivity index (χ0v) is 14.1. The molecule has 0 fully saturated rings. The predicted molar refractivity (Wildman–Crippen MR) is 97.2 cm³/mol. The van der Waals surface area contributed by atoms with Crippen LogP contribution < -0.4 is 11.0 Å². The van der Waals surface area contributed by atoms with Crippen LogP contribution in [-0.4, -0.2) is 35.9 Å². The van der Waals surface area contributed by atoms with Crippen LogP contribution in [0, 0.1) is 6.92 Å². The van der Waals surface area contributed by atoms with Crippen molar-refractivity contribution in [3.63, 3.8) is 0 Å². The Bertz CT molecular complexity index is 1080. The van der Waals surface area contributed by atoms with E-state index in [0.717, 1.165) is 22.8 Å². The molecule has 0 aliphatic carbocycles. The first kappa shape index (κ1) is 19.0. The molecule has 0 saturated carbocycles. The van der Waals surface area contributed by atoms with Crippen LogP contribution in [0.25, 0.3) is 16.6 Å². The van der Waals surface area contributed by atoms with E-state index in [1.165, 1.54) is 0 Å². The van der Waals surface area contributed by atoms with E-state index < -0.39 is 23.0 Å². The maximum Gasteiger partial charge on any atom is 0.416 e. The van der Waals surface area contributed by atoms with E-state index in [0.29, 0.717) is 11.3 Å². The molecule has 1 aromatic heterocycles. The normalized spacial score (nSPS) is 12.3. The third-order valence-corrected chi connectivity index (χ3v) is 3.89. The predicted octanol–water partition coefficient (Wildman–Crippen LogP) is 2.07. The average molecular weight is 369 g/mol. The Morgan fingerprint density at radius 2 is 1.81 bits per heavy atom. The molecule has 0 amide bonds. The van der Waals surface area contributed by atoms with Gasteiger partial charge >= 0.3 is 11.9 Å². The van der Waals surface area contributed by atoms with Gasteiger partial charge in [0.25, 0.3) is 0 Å². The van der Waals surface area contributed by atoms with Crippen LogP contribution >= 0.6 is 0 Å². The van der Waals surface area contributed by atoms with E-state index in [1.54, 1.807) is 31.2 Å². The molecule has 10 heteroatoms. The van der Waals surface area contributed by atoms with E-state index in [-0.39, 0.29) is 16.7 Å². The molecule has 5 nitrogen and oxygen atoms in total. The van der Waals surface area contributed by atoms with Crippen molar-refractivity contribution in [2.24, 2.45) is 0 Å². The van der Waals surface area contributed by atoms with Crippen LogP contribution in [0.1, 0.15) is 11.1 Å². The number of alkyl halides is 3. The number of para-hydroxylation sites is 1. The van der Waals surface area contributed by atoms with Gasteiger partial charge < -0.3 is 10.4 Å². The fourth-order valence-electron chi connectivity index (χ4n) is 2.73. The van der Waals surface area contributed by atoms with Gasteiger partial charge in [0.2, 0.25) is 0 Å². The number of aromatic nitrogens is 2. The van der Waals surface area contributed by atoms with Gasteiger partial charge in [0.05, 0.1) is 16.8 Å². The first-order valence-electron chi connectivity index (χ1n) is 7.76. The first-order valence-corrected chi connectivity index (χ1v) is 7.76. The topological polar surface area (TPSA) is 67.2 Å². The number of hydrogen-bond acceptors (Lipinski definition) is 4. The lowest BCUT2D eigenvalue weighted by molar-refractivity contribution is -0.137. The Morgan fingerprint density at radius 3 is 2.41 bits per heavy atom. The fraction of sp³-hybridized carbons (Fsp3) is 0.176. The molecule has 0 bridgehead atoms. The molecule has 0 atom stereocenters. The average Bonchev–Trinajstić information content (AvgIpc) is 2.53. The van der Waals surface area contributed by atoms with Crippen LogP contribution in [0.15, 0.2) is 47.3 Å². The number of hydrogen-bond donors (Lipinski definition) is 2. The van der Waals surface area contributed by atoms with Gasteiger partial charge in [-0.25, -0.2) is 4.79 Å². The van der Waals surface area contributed by atoms with Crippen molar-refractivity contribution >= 4 is 32.4 Å². The van der Waals surface area contributed by atoms with Crippen LogP contribution in [0.2, 0.25) is 0 Å². The van der Waals surface area contributed by atoms with Gasteiger partial charge in [-0.1, -0.05) is 18.2 Å².